The second-order valence-electron chi connectivity index (χ2n) is 6.72. The van der Waals surface area contributed by atoms with E-state index in [2.05, 4.69) is 34.2 Å². The molecule has 0 unspecified atom stereocenters. The first-order valence-electron chi connectivity index (χ1n) is 9.02. The largest absolute Gasteiger partial charge is 0.355 e. The lowest BCUT2D eigenvalue weighted by Crippen LogP contribution is -2.43. The van der Waals surface area contributed by atoms with E-state index in [1.54, 1.807) is 0 Å². The number of aromatic nitrogens is 2. The third-order valence-electron chi connectivity index (χ3n) is 4.85. The molecule has 2 aromatic rings. The molecule has 0 aliphatic carbocycles. The number of carbonyl (C=O) groups is 1. The van der Waals surface area contributed by atoms with E-state index in [-0.39, 0.29) is 11.8 Å². The van der Waals surface area contributed by atoms with Crippen molar-refractivity contribution in [2.45, 2.75) is 33.6 Å². The summed E-state index contributed by atoms with van der Waals surface area (Å²) in [4.78, 5) is 17.1. The fraction of sp³-hybridized carbons (Fsp3) is 0.450. The molecule has 25 heavy (non-hydrogen) atoms. The van der Waals surface area contributed by atoms with Gasteiger partial charge in [0.1, 0.15) is 0 Å². The number of rotatable bonds is 4. The number of amides is 1. The number of carbonyl (C=O) groups excluding carboxylic acids is 1. The highest BCUT2D eigenvalue weighted by Crippen LogP contribution is 2.26. The fourth-order valence-corrected chi connectivity index (χ4v) is 3.40. The van der Waals surface area contributed by atoms with Gasteiger partial charge in [0.2, 0.25) is 5.91 Å². The number of benzene rings is 1. The van der Waals surface area contributed by atoms with Gasteiger partial charge < -0.3 is 9.80 Å². The highest BCUT2D eigenvalue weighted by atomic mass is 16.2. The zero-order valence-corrected chi connectivity index (χ0v) is 15.3. The quantitative estimate of drug-likeness (QED) is 0.858. The van der Waals surface area contributed by atoms with Crippen LogP contribution in [0.1, 0.15) is 31.0 Å². The first kappa shape index (κ1) is 17.4. The summed E-state index contributed by atoms with van der Waals surface area (Å²) in [6.07, 6.45) is 1.72. The summed E-state index contributed by atoms with van der Waals surface area (Å²) in [6.45, 7) is 8.43. The van der Waals surface area contributed by atoms with Gasteiger partial charge in [-0.05, 0) is 63.4 Å². The van der Waals surface area contributed by atoms with E-state index in [1.165, 1.54) is 5.56 Å². The lowest BCUT2D eigenvalue weighted by Gasteiger charge is -2.34. The average molecular weight is 338 g/mol. The van der Waals surface area contributed by atoms with Gasteiger partial charge in [0.25, 0.3) is 0 Å². The molecule has 0 N–H and O–H groups in total. The van der Waals surface area contributed by atoms with Gasteiger partial charge in [-0.3, -0.25) is 4.79 Å². The van der Waals surface area contributed by atoms with Crippen molar-refractivity contribution in [3.05, 3.63) is 47.7 Å². The van der Waals surface area contributed by atoms with Crippen LogP contribution in [0.3, 0.4) is 0 Å². The number of hydrogen-bond acceptors (Lipinski definition) is 4. The molecular formula is C20H26N4O. The molecule has 3 rings (SSSR count). The second kappa shape index (κ2) is 7.64. The van der Waals surface area contributed by atoms with Crippen LogP contribution in [0.15, 0.2) is 36.4 Å². The van der Waals surface area contributed by atoms with Crippen molar-refractivity contribution in [2.24, 2.45) is 5.92 Å². The summed E-state index contributed by atoms with van der Waals surface area (Å²) in [5.74, 6) is 1.22. The Hall–Kier alpha value is -2.43. The van der Waals surface area contributed by atoms with E-state index < -0.39 is 0 Å². The number of piperidine rings is 1. The summed E-state index contributed by atoms with van der Waals surface area (Å²) in [6, 6.07) is 12.2. The molecular weight excluding hydrogens is 312 g/mol. The van der Waals surface area contributed by atoms with Crippen molar-refractivity contribution in [3.63, 3.8) is 0 Å². The Morgan fingerprint density at radius 1 is 1.16 bits per heavy atom. The first-order chi connectivity index (χ1) is 12.1. The fourth-order valence-electron chi connectivity index (χ4n) is 3.40. The highest BCUT2D eigenvalue weighted by molar-refractivity contribution is 5.95. The lowest BCUT2D eigenvalue weighted by atomic mass is 9.95. The minimum Gasteiger partial charge on any atom is -0.355 e. The van der Waals surface area contributed by atoms with Crippen molar-refractivity contribution < 1.29 is 4.79 Å². The lowest BCUT2D eigenvalue weighted by molar-refractivity contribution is -0.122. The number of nitrogens with zero attached hydrogens (tertiary/aromatic N) is 4. The molecule has 0 atom stereocenters. The van der Waals surface area contributed by atoms with Crippen molar-refractivity contribution in [2.75, 3.05) is 29.4 Å². The summed E-state index contributed by atoms with van der Waals surface area (Å²) in [7, 11) is 0. The van der Waals surface area contributed by atoms with Crippen LogP contribution in [0.2, 0.25) is 0 Å². The first-order valence-corrected chi connectivity index (χ1v) is 9.02. The Labute approximate surface area is 149 Å². The Kier molecular flexibility index (Phi) is 5.31. The van der Waals surface area contributed by atoms with Crippen molar-refractivity contribution in [3.8, 4) is 0 Å². The van der Waals surface area contributed by atoms with E-state index in [1.807, 2.05) is 43.0 Å². The summed E-state index contributed by atoms with van der Waals surface area (Å²) < 4.78 is 0. The smallest absolute Gasteiger partial charge is 0.230 e. The average Bonchev–Trinajstić information content (AvgIpc) is 2.63. The maximum Gasteiger partial charge on any atom is 0.230 e. The van der Waals surface area contributed by atoms with E-state index in [9.17, 15) is 4.79 Å². The van der Waals surface area contributed by atoms with Gasteiger partial charge in [0.15, 0.2) is 5.82 Å². The standard InChI is InChI=1S/C20H26N4O/c1-4-24(18-7-5-6-15(2)14-18)20(25)17-10-12-23(13-11-17)19-9-8-16(3)21-22-19/h5-9,14,17H,4,10-13H2,1-3H3. The third-order valence-corrected chi connectivity index (χ3v) is 4.85. The van der Waals surface area contributed by atoms with Gasteiger partial charge in [0.05, 0.1) is 5.69 Å². The normalized spacial score (nSPS) is 15.2. The van der Waals surface area contributed by atoms with Gasteiger partial charge in [-0.2, -0.15) is 5.10 Å². The maximum atomic E-state index is 13.0. The minimum absolute atomic E-state index is 0.0788. The van der Waals surface area contributed by atoms with Crippen molar-refractivity contribution in [1.82, 2.24) is 10.2 Å². The van der Waals surface area contributed by atoms with Crippen LogP contribution in [-0.2, 0) is 4.79 Å². The molecule has 5 nitrogen and oxygen atoms in total. The maximum absolute atomic E-state index is 13.0. The zero-order chi connectivity index (χ0) is 17.8. The predicted molar refractivity (Wildman–Crippen MR) is 101 cm³/mol. The molecule has 1 aromatic heterocycles. The Morgan fingerprint density at radius 2 is 1.92 bits per heavy atom. The van der Waals surface area contributed by atoms with E-state index in [0.29, 0.717) is 6.54 Å². The number of aryl methyl sites for hydroxylation is 2. The van der Waals surface area contributed by atoms with Crippen LogP contribution in [0, 0.1) is 19.8 Å². The summed E-state index contributed by atoms with van der Waals surface area (Å²) in [5, 5.41) is 8.39. The molecule has 1 aromatic carbocycles. The van der Waals surface area contributed by atoms with Crippen LogP contribution in [0.25, 0.3) is 0 Å². The highest BCUT2D eigenvalue weighted by Gasteiger charge is 2.29. The van der Waals surface area contributed by atoms with Gasteiger partial charge in [-0.25, -0.2) is 0 Å². The molecule has 5 heteroatoms. The molecule has 1 aliphatic rings. The summed E-state index contributed by atoms with van der Waals surface area (Å²) in [5.41, 5.74) is 3.10. The molecule has 0 spiro atoms. The molecule has 0 bridgehead atoms. The molecule has 1 saturated heterocycles. The van der Waals surface area contributed by atoms with Gasteiger partial charge in [-0.1, -0.05) is 12.1 Å². The van der Waals surface area contributed by atoms with Gasteiger partial charge in [0, 0.05) is 31.2 Å². The molecule has 1 amide bonds. The summed E-state index contributed by atoms with van der Waals surface area (Å²) >= 11 is 0. The van der Waals surface area contributed by atoms with E-state index in [4.69, 9.17) is 0 Å². The molecule has 1 fully saturated rings. The van der Waals surface area contributed by atoms with E-state index >= 15 is 0 Å². The molecule has 0 radical (unpaired) electrons. The van der Waals surface area contributed by atoms with Gasteiger partial charge >= 0.3 is 0 Å². The van der Waals surface area contributed by atoms with Crippen LogP contribution in [0.4, 0.5) is 11.5 Å². The molecule has 0 saturated carbocycles. The minimum atomic E-state index is 0.0788. The molecule has 132 valence electrons. The zero-order valence-electron chi connectivity index (χ0n) is 15.3. The topological polar surface area (TPSA) is 49.3 Å². The van der Waals surface area contributed by atoms with Crippen LogP contribution < -0.4 is 9.80 Å². The number of anilines is 2. The van der Waals surface area contributed by atoms with Crippen LogP contribution >= 0.6 is 0 Å². The van der Waals surface area contributed by atoms with Crippen LogP contribution in [-0.4, -0.2) is 35.7 Å². The van der Waals surface area contributed by atoms with Gasteiger partial charge in [-0.15, -0.1) is 5.10 Å². The second-order valence-corrected chi connectivity index (χ2v) is 6.72. The SMILES string of the molecule is CCN(C(=O)C1CCN(c2ccc(C)nn2)CC1)c1cccc(C)c1. The number of hydrogen-bond donors (Lipinski definition) is 0. The Bertz CT molecular complexity index is 721. The van der Waals surface area contributed by atoms with E-state index in [0.717, 1.165) is 43.1 Å². The van der Waals surface area contributed by atoms with Crippen LogP contribution in [0.5, 0.6) is 0 Å². The van der Waals surface area contributed by atoms with Crippen molar-refractivity contribution in [1.29, 1.82) is 0 Å². The Balaban J connectivity index is 1.65. The third kappa shape index (κ3) is 3.98. The molecule has 1 aliphatic heterocycles. The molecule has 2 heterocycles. The predicted octanol–water partition coefficient (Wildman–Crippen LogP) is 3.36. The monoisotopic (exact) mass is 338 g/mol. The van der Waals surface area contributed by atoms with Crippen molar-refractivity contribution >= 4 is 17.4 Å². The Morgan fingerprint density at radius 3 is 2.52 bits per heavy atom.